The SMILES string of the molecule is O=C(O)CN1CCC[C@]2(CO)CCN(C(=O)c3ccc(F)c(O)c3)C[C@@H]12. The minimum absolute atomic E-state index is 0.0485. The average Bonchev–Trinajstić information content (AvgIpc) is 2.63. The van der Waals surface area contributed by atoms with Crippen LogP contribution in [0.4, 0.5) is 4.39 Å². The summed E-state index contributed by atoms with van der Waals surface area (Å²) in [6.07, 6.45) is 2.18. The van der Waals surface area contributed by atoms with Crippen LogP contribution in [0.1, 0.15) is 29.6 Å². The third kappa shape index (κ3) is 3.39. The van der Waals surface area contributed by atoms with Crippen LogP contribution in [0.3, 0.4) is 0 Å². The van der Waals surface area contributed by atoms with Crippen molar-refractivity contribution in [1.82, 2.24) is 9.80 Å². The highest BCUT2D eigenvalue weighted by molar-refractivity contribution is 5.94. The second kappa shape index (κ2) is 7.20. The molecule has 2 fully saturated rings. The first-order valence-electron chi connectivity index (χ1n) is 8.71. The molecular weight excluding hydrogens is 343 g/mol. The molecule has 3 rings (SSSR count). The fourth-order valence-corrected chi connectivity index (χ4v) is 4.24. The number of carboxylic acid groups (broad SMARTS) is 1. The standard InChI is InChI=1S/C18H23FN2O5/c19-13-3-2-12(8-14(13)23)17(26)21-7-5-18(11-22)4-1-6-20(10-16(24)25)15(18)9-21/h2-3,8,15,22-23H,1,4-7,9-11H2,(H,24,25)/t15-,18-/m1/s1. The fourth-order valence-electron chi connectivity index (χ4n) is 4.24. The summed E-state index contributed by atoms with van der Waals surface area (Å²) in [6, 6.07) is 3.22. The lowest BCUT2D eigenvalue weighted by Crippen LogP contribution is -2.63. The molecular formula is C18H23FN2O5. The molecule has 0 saturated carbocycles. The molecule has 0 spiro atoms. The van der Waals surface area contributed by atoms with Crippen LogP contribution in [0.5, 0.6) is 5.75 Å². The van der Waals surface area contributed by atoms with Crippen molar-refractivity contribution in [2.24, 2.45) is 5.41 Å². The Labute approximate surface area is 150 Å². The number of carbonyl (C=O) groups is 2. The molecule has 2 saturated heterocycles. The Morgan fingerprint density at radius 2 is 2.04 bits per heavy atom. The Kier molecular flexibility index (Phi) is 5.15. The van der Waals surface area contributed by atoms with Crippen LogP contribution >= 0.6 is 0 Å². The number of hydrogen-bond acceptors (Lipinski definition) is 5. The summed E-state index contributed by atoms with van der Waals surface area (Å²) in [5.41, 5.74) is -0.226. The molecule has 1 aromatic rings. The summed E-state index contributed by atoms with van der Waals surface area (Å²) in [7, 11) is 0. The number of amides is 1. The number of likely N-dealkylation sites (tertiary alicyclic amines) is 2. The van der Waals surface area contributed by atoms with Crippen molar-refractivity contribution in [3.63, 3.8) is 0 Å². The highest BCUT2D eigenvalue weighted by Gasteiger charge is 2.48. The van der Waals surface area contributed by atoms with Crippen LogP contribution in [0.2, 0.25) is 0 Å². The van der Waals surface area contributed by atoms with E-state index in [2.05, 4.69) is 0 Å². The number of aliphatic hydroxyl groups is 1. The van der Waals surface area contributed by atoms with Crippen molar-refractivity contribution in [1.29, 1.82) is 0 Å². The van der Waals surface area contributed by atoms with Gasteiger partial charge in [-0.1, -0.05) is 0 Å². The second-order valence-electron chi connectivity index (χ2n) is 7.17. The van der Waals surface area contributed by atoms with E-state index in [1.807, 2.05) is 4.90 Å². The van der Waals surface area contributed by atoms with E-state index in [0.29, 0.717) is 26.1 Å². The molecule has 0 bridgehead atoms. The first-order valence-corrected chi connectivity index (χ1v) is 8.71. The van der Waals surface area contributed by atoms with Gasteiger partial charge in [0.1, 0.15) is 0 Å². The van der Waals surface area contributed by atoms with E-state index in [-0.39, 0.29) is 30.7 Å². The van der Waals surface area contributed by atoms with Gasteiger partial charge in [0.2, 0.25) is 0 Å². The number of aliphatic hydroxyl groups excluding tert-OH is 1. The summed E-state index contributed by atoms with van der Waals surface area (Å²) in [5, 5.41) is 28.7. The molecule has 2 aliphatic heterocycles. The Balaban J connectivity index is 1.82. The van der Waals surface area contributed by atoms with Gasteiger partial charge in [0, 0.05) is 30.1 Å². The minimum atomic E-state index is -0.939. The van der Waals surface area contributed by atoms with Crippen molar-refractivity contribution in [2.45, 2.75) is 25.3 Å². The van der Waals surface area contributed by atoms with E-state index < -0.39 is 23.0 Å². The molecule has 2 aliphatic rings. The molecule has 0 aliphatic carbocycles. The molecule has 0 radical (unpaired) electrons. The Hall–Kier alpha value is -2.19. The third-order valence-electron chi connectivity index (χ3n) is 5.67. The monoisotopic (exact) mass is 366 g/mol. The summed E-state index contributed by atoms with van der Waals surface area (Å²) < 4.78 is 13.2. The van der Waals surface area contributed by atoms with Gasteiger partial charge in [-0.05, 0) is 44.0 Å². The minimum Gasteiger partial charge on any atom is -0.505 e. The number of phenols is 1. The molecule has 8 heteroatoms. The number of fused-ring (bicyclic) bond motifs is 1. The summed E-state index contributed by atoms with van der Waals surface area (Å²) in [6.45, 7) is 1.15. The molecule has 142 valence electrons. The van der Waals surface area contributed by atoms with E-state index in [4.69, 9.17) is 0 Å². The Bertz CT molecular complexity index is 713. The van der Waals surface area contributed by atoms with Crippen LogP contribution in [-0.2, 0) is 4.79 Å². The number of aliphatic carboxylic acids is 1. The zero-order valence-electron chi connectivity index (χ0n) is 14.4. The maximum Gasteiger partial charge on any atom is 0.317 e. The number of phenolic OH excluding ortho intramolecular Hbond substituents is 1. The lowest BCUT2D eigenvalue weighted by molar-refractivity contribution is -0.143. The highest BCUT2D eigenvalue weighted by atomic mass is 19.1. The van der Waals surface area contributed by atoms with E-state index in [9.17, 15) is 29.3 Å². The number of carbonyl (C=O) groups excluding carboxylic acids is 1. The number of rotatable bonds is 4. The van der Waals surface area contributed by atoms with E-state index >= 15 is 0 Å². The largest absolute Gasteiger partial charge is 0.505 e. The van der Waals surface area contributed by atoms with Crippen molar-refractivity contribution in [2.75, 3.05) is 32.8 Å². The van der Waals surface area contributed by atoms with Gasteiger partial charge in [0.15, 0.2) is 11.6 Å². The first-order chi connectivity index (χ1) is 12.4. The summed E-state index contributed by atoms with van der Waals surface area (Å²) >= 11 is 0. The van der Waals surface area contributed by atoms with Crippen molar-refractivity contribution in [3.05, 3.63) is 29.6 Å². The third-order valence-corrected chi connectivity index (χ3v) is 5.67. The number of halogens is 1. The summed E-state index contributed by atoms with van der Waals surface area (Å²) in [4.78, 5) is 27.4. The normalized spacial score (nSPS) is 26.4. The molecule has 3 N–H and O–H groups in total. The number of piperidine rings is 2. The van der Waals surface area contributed by atoms with Gasteiger partial charge >= 0.3 is 5.97 Å². The fraction of sp³-hybridized carbons (Fsp3) is 0.556. The van der Waals surface area contributed by atoms with Gasteiger partial charge in [-0.2, -0.15) is 0 Å². The number of aromatic hydroxyl groups is 1. The smallest absolute Gasteiger partial charge is 0.317 e. The van der Waals surface area contributed by atoms with Crippen LogP contribution in [-0.4, -0.2) is 75.8 Å². The predicted octanol–water partition coefficient (Wildman–Crippen LogP) is 0.905. The lowest BCUT2D eigenvalue weighted by Gasteiger charge is -2.54. The Morgan fingerprint density at radius 3 is 2.69 bits per heavy atom. The molecule has 0 unspecified atom stereocenters. The zero-order chi connectivity index (χ0) is 18.9. The molecule has 0 aromatic heterocycles. The highest BCUT2D eigenvalue weighted by Crippen LogP contribution is 2.42. The van der Waals surface area contributed by atoms with Gasteiger partial charge in [0.05, 0.1) is 13.2 Å². The molecule has 2 heterocycles. The van der Waals surface area contributed by atoms with Crippen LogP contribution in [0.25, 0.3) is 0 Å². The molecule has 1 aromatic carbocycles. The van der Waals surface area contributed by atoms with Gasteiger partial charge in [0.25, 0.3) is 5.91 Å². The summed E-state index contributed by atoms with van der Waals surface area (Å²) in [5.74, 6) is -2.65. The van der Waals surface area contributed by atoms with Gasteiger partial charge in [-0.25, -0.2) is 4.39 Å². The first kappa shape index (κ1) is 18.6. The van der Waals surface area contributed by atoms with Gasteiger partial charge in [-0.15, -0.1) is 0 Å². The maximum atomic E-state index is 13.2. The molecule has 1 amide bonds. The quantitative estimate of drug-likeness (QED) is 0.732. The average molecular weight is 366 g/mol. The maximum absolute atomic E-state index is 13.2. The van der Waals surface area contributed by atoms with Crippen LogP contribution < -0.4 is 0 Å². The molecule has 2 atom stereocenters. The number of nitrogens with zero attached hydrogens (tertiary/aromatic N) is 2. The Morgan fingerprint density at radius 1 is 1.27 bits per heavy atom. The predicted molar refractivity (Wildman–Crippen MR) is 90.3 cm³/mol. The van der Waals surface area contributed by atoms with E-state index in [1.165, 1.54) is 6.07 Å². The molecule has 7 nitrogen and oxygen atoms in total. The zero-order valence-corrected chi connectivity index (χ0v) is 14.4. The van der Waals surface area contributed by atoms with Crippen LogP contribution in [0.15, 0.2) is 18.2 Å². The number of benzene rings is 1. The van der Waals surface area contributed by atoms with E-state index in [1.54, 1.807) is 4.90 Å². The van der Waals surface area contributed by atoms with Crippen LogP contribution in [0, 0.1) is 11.2 Å². The van der Waals surface area contributed by atoms with Crippen molar-refractivity contribution >= 4 is 11.9 Å². The van der Waals surface area contributed by atoms with Gasteiger partial charge in [-0.3, -0.25) is 14.5 Å². The number of carboxylic acids is 1. The van der Waals surface area contributed by atoms with E-state index in [0.717, 1.165) is 25.0 Å². The van der Waals surface area contributed by atoms with Crippen molar-refractivity contribution in [3.8, 4) is 5.75 Å². The number of hydrogen-bond donors (Lipinski definition) is 3. The molecule has 26 heavy (non-hydrogen) atoms. The van der Waals surface area contributed by atoms with Gasteiger partial charge < -0.3 is 20.2 Å². The van der Waals surface area contributed by atoms with Crippen molar-refractivity contribution < 1.29 is 29.3 Å². The second-order valence-corrected chi connectivity index (χ2v) is 7.17. The lowest BCUT2D eigenvalue weighted by atomic mass is 9.69. The topological polar surface area (TPSA) is 101 Å².